The van der Waals surface area contributed by atoms with E-state index in [1.165, 1.54) is 11.3 Å². The van der Waals surface area contributed by atoms with Crippen LogP contribution < -0.4 is 5.73 Å². The first-order chi connectivity index (χ1) is 7.59. The number of halogens is 1. The average Bonchev–Trinajstić information content (AvgIpc) is 2.61. The molecule has 0 radical (unpaired) electrons. The molecule has 2 nitrogen and oxygen atoms in total. The Balaban J connectivity index is 2.56. The van der Waals surface area contributed by atoms with E-state index in [0.29, 0.717) is 15.6 Å². The van der Waals surface area contributed by atoms with Crippen molar-refractivity contribution in [3.8, 4) is 11.1 Å². The maximum Gasteiger partial charge on any atom is 0.119 e. The van der Waals surface area contributed by atoms with Gasteiger partial charge in [0.25, 0.3) is 0 Å². The van der Waals surface area contributed by atoms with Crippen LogP contribution in [0.15, 0.2) is 36.2 Å². The first-order valence-electron chi connectivity index (χ1n) is 4.60. The van der Waals surface area contributed by atoms with Crippen LogP contribution in [0.25, 0.3) is 16.9 Å². The van der Waals surface area contributed by atoms with Crippen LogP contribution in [0.2, 0.25) is 5.02 Å². The van der Waals surface area contributed by atoms with Gasteiger partial charge in [0.15, 0.2) is 0 Å². The number of hydrogen-bond acceptors (Lipinski definition) is 3. The van der Waals surface area contributed by atoms with Gasteiger partial charge in [0.1, 0.15) is 5.76 Å². The molecule has 1 aromatic carbocycles. The van der Waals surface area contributed by atoms with Gasteiger partial charge in [-0.3, -0.25) is 0 Å². The van der Waals surface area contributed by atoms with Crippen molar-refractivity contribution in [2.75, 3.05) is 5.73 Å². The van der Waals surface area contributed by atoms with Crippen LogP contribution in [0.5, 0.6) is 0 Å². The van der Waals surface area contributed by atoms with Crippen LogP contribution >= 0.6 is 22.9 Å². The van der Waals surface area contributed by atoms with Crippen LogP contribution in [0.4, 0.5) is 5.00 Å². The normalized spacial score (nSPS) is 10.3. The van der Waals surface area contributed by atoms with E-state index in [1.54, 1.807) is 12.1 Å². The molecule has 0 amide bonds. The molecule has 1 aromatic heterocycles. The van der Waals surface area contributed by atoms with Crippen LogP contribution in [-0.2, 0) is 0 Å². The second-order valence-corrected chi connectivity index (χ2v) is 4.69. The molecule has 4 heteroatoms. The molecule has 0 aliphatic carbocycles. The third-order valence-corrected chi connectivity index (χ3v) is 3.33. The first kappa shape index (κ1) is 11.0. The fourth-order valence-corrected chi connectivity index (χ4v) is 2.48. The highest BCUT2D eigenvalue weighted by Crippen LogP contribution is 2.37. The molecule has 82 valence electrons. The van der Waals surface area contributed by atoms with Gasteiger partial charge in [-0.2, -0.15) is 0 Å². The molecular weight excluding hydrogens is 242 g/mol. The van der Waals surface area contributed by atoms with E-state index in [4.69, 9.17) is 17.3 Å². The fraction of sp³-hybridized carbons (Fsp3) is 0. The predicted octanol–water partition coefficient (Wildman–Crippen LogP) is 4.18. The van der Waals surface area contributed by atoms with Crippen LogP contribution in [-0.4, -0.2) is 5.11 Å². The van der Waals surface area contributed by atoms with Gasteiger partial charge < -0.3 is 10.8 Å². The molecule has 2 rings (SSSR count). The predicted molar refractivity (Wildman–Crippen MR) is 70.8 cm³/mol. The summed E-state index contributed by atoms with van der Waals surface area (Å²) in [5.74, 6) is -0.0105. The minimum Gasteiger partial charge on any atom is -0.508 e. The van der Waals surface area contributed by atoms with Gasteiger partial charge >= 0.3 is 0 Å². The number of aliphatic hydroxyl groups is 1. The van der Waals surface area contributed by atoms with Gasteiger partial charge in [-0.05, 0) is 17.7 Å². The van der Waals surface area contributed by atoms with E-state index in [-0.39, 0.29) is 5.76 Å². The summed E-state index contributed by atoms with van der Waals surface area (Å²) in [4.78, 5) is 0. The molecule has 0 bridgehead atoms. The summed E-state index contributed by atoms with van der Waals surface area (Å²) >= 11 is 7.20. The van der Waals surface area contributed by atoms with Crippen molar-refractivity contribution in [2.45, 2.75) is 0 Å². The summed E-state index contributed by atoms with van der Waals surface area (Å²) in [5.41, 5.74) is 8.23. The lowest BCUT2D eigenvalue weighted by Gasteiger charge is -2.04. The summed E-state index contributed by atoms with van der Waals surface area (Å²) in [5, 5.41) is 12.6. The van der Waals surface area contributed by atoms with Crippen LogP contribution in [0.3, 0.4) is 0 Å². The minimum atomic E-state index is -0.0105. The zero-order valence-corrected chi connectivity index (χ0v) is 9.98. The Bertz CT molecular complexity index is 530. The molecule has 3 N–H and O–H groups in total. The molecule has 0 fully saturated rings. The smallest absolute Gasteiger partial charge is 0.119 e. The van der Waals surface area contributed by atoms with Crippen molar-refractivity contribution in [3.05, 3.63) is 46.8 Å². The second-order valence-electron chi connectivity index (χ2n) is 3.34. The van der Waals surface area contributed by atoms with E-state index >= 15 is 0 Å². The van der Waals surface area contributed by atoms with Gasteiger partial charge in [0, 0.05) is 16.0 Å². The van der Waals surface area contributed by atoms with E-state index in [9.17, 15) is 5.11 Å². The number of rotatable bonds is 2. The number of aliphatic hydroxyl groups excluding tert-OH is 1. The molecule has 16 heavy (non-hydrogen) atoms. The lowest BCUT2D eigenvalue weighted by molar-refractivity contribution is 0.515. The highest BCUT2D eigenvalue weighted by Gasteiger charge is 2.13. The third-order valence-electron chi connectivity index (χ3n) is 2.26. The number of benzene rings is 1. The average molecular weight is 252 g/mol. The number of nitrogens with two attached hydrogens (primary N) is 1. The fourth-order valence-electron chi connectivity index (χ4n) is 1.51. The topological polar surface area (TPSA) is 46.2 Å². The van der Waals surface area contributed by atoms with Crippen molar-refractivity contribution in [1.29, 1.82) is 0 Å². The second kappa shape index (κ2) is 4.20. The highest BCUT2D eigenvalue weighted by atomic mass is 35.5. The molecule has 0 saturated heterocycles. The van der Waals surface area contributed by atoms with E-state index in [1.807, 2.05) is 17.5 Å². The molecule has 0 unspecified atom stereocenters. The Kier molecular flexibility index (Phi) is 2.90. The maximum atomic E-state index is 9.50. The first-order valence-corrected chi connectivity index (χ1v) is 5.86. The van der Waals surface area contributed by atoms with Crippen molar-refractivity contribution in [2.24, 2.45) is 0 Å². The minimum absolute atomic E-state index is 0.0105. The van der Waals surface area contributed by atoms with Crippen LogP contribution in [0.1, 0.15) is 5.56 Å². The molecule has 0 saturated carbocycles. The lowest BCUT2D eigenvalue weighted by Crippen LogP contribution is -1.89. The monoisotopic (exact) mass is 251 g/mol. The van der Waals surface area contributed by atoms with Gasteiger partial charge in [0.05, 0.1) is 10.6 Å². The summed E-state index contributed by atoms with van der Waals surface area (Å²) < 4.78 is 0. The van der Waals surface area contributed by atoms with Gasteiger partial charge in [-0.1, -0.05) is 30.3 Å². The number of anilines is 1. The summed E-state index contributed by atoms with van der Waals surface area (Å²) in [7, 11) is 0. The summed E-state index contributed by atoms with van der Waals surface area (Å²) in [6, 6.07) is 7.37. The largest absolute Gasteiger partial charge is 0.508 e. The van der Waals surface area contributed by atoms with Crippen LogP contribution in [0, 0.1) is 0 Å². The zero-order valence-electron chi connectivity index (χ0n) is 8.40. The van der Waals surface area contributed by atoms with Gasteiger partial charge in [-0.15, -0.1) is 11.3 Å². The Morgan fingerprint density at radius 3 is 2.50 bits per heavy atom. The van der Waals surface area contributed by atoms with E-state index < -0.39 is 0 Å². The molecule has 1 heterocycles. The molecule has 0 aliphatic rings. The SMILES string of the molecule is C=C(O)c1c(-c2ccc(Cl)cc2)csc1N. The Morgan fingerprint density at radius 1 is 1.31 bits per heavy atom. The maximum absolute atomic E-state index is 9.50. The quantitative estimate of drug-likeness (QED) is 0.787. The van der Waals surface area contributed by atoms with Crippen molar-refractivity contribution in [3.63, 3.8) is 0 Å². The molecule has 0 spiro atoms. The van der Waals surface area contributed by atoms with Gasteiger partial charge in [-0.25, -0.2) is 0 Å². The van der Waals surface area contributed by atoms with E-state index in [0.717, 1.165) is 11.1 Å². The zero-order chi connectivity index (χ0) is 11.7. The lowest BCUT2D eigenvalue weighted by atomic mass is 10.0. The molecular formula is C12H10ClNOS. The Hall–Kier alpha value is -1.45. The van der Waals surface area contributed by atoms with Crippen molar-refractivity contribution < 1.29 is 5.11 Å². The number of hydrogen-bond donors (Lipinski definition) is 2. The highest BCUT2D eigenvalue weighted by molar-refractivity contribution is 7.14. The van der Waals surface area contributed by atoms with Crippen molar-refractivity contribution >= 4 is 33.7 Å². The number of thiophene rings is 1. The third kappa shape index (κ3) is 1.92. The van der Waals surface area contributed by atoms with Crippen molar-refractivity contribution in [1.82, 2.24) is 0 Å². The number of nitrogen functional groups attached to an aromatic ring is 1. The summed E-state index contributed by atoms with van der Waals surface area (Å²) in [6.07, 6.45) is 0. The Labute approximate surface area is 103 Å². The standard InChI is InChI=1S/C12H10ClNOS/c1-7(15)11-10(6-16-12(11)14)8-2-4-9(13)5-3-8/h2-6,15H,1,14H2. The van der Waals surface area contributed by atoms with E-state index in [2.05, 4.69) is 6.58 Å². The summed E-state index contributed by atoms with van der Waals surface area (Å²) in [6.45, 7) is 3.52. The Morgan fingerprint density at radius 2 is 1.94 bits per heavy atom. The molecule has 0 atom stereocenters. The molecule has 2 aromatic rings. The molecule has 0 aliphatic heterocycles. The van der Waals surface area contributed by atoms with Gasteiger partial charge in [0.2, 0.25) is 0 Å².